The first-order valence-corrected chi connectivity index (χ1v) is 7.26. The maximum Gasteiger partial charge on any atom is 0.0453 e. The highest BCUT2D eigenvalue weighted by molar-refractivity contribution is 5.86. The molecule has 2 aromatic carbocycles. The molecule has 0 bridgehead atoms. The van der Waals surface area contributed by atoms with E-state index in [0.29, 0.717) is 6.04 Å². The Kier molecular flexibility index (Phi) is 3.81. The van der Waals surface area contributed by atoms with Crippen molar-refractivity contribution in [3.63, 3.8) is 0 Å². The molecule has 1 fully saturated rings. The SMILES string of the molecule is CNC(CN1CCCC1)c1cccc2ccccc12. The maximum absolute atomic E-state index is 3.50. The molecular formula is C17H22N2. The fourth-order valence-corrected chi connectivity index (χ4v) is 3.12. The number of rotatable bonds is 4. The minimum absolute atomic E-state index is 0.421. The molecule has 0 spiro atoms. The van der Waals surface area contributed by atoms with Crippen LogP contribution in [0.2, 0.25) is 0 Å². The van der Waals surface area contributed by atoms with Gasteiger partial charge in [-0.25, -0.2) is 0 Å². The molecule has 0 radical (unpaired) electrons. The van der Waals surface area contributed by atoms with E-state index in [4.69, 9.17) is 0 Å². The van der Waals surface area contributed by atoms with Gasteiger partial charge in [0.2, 0.25) is 0 Å². The van der Waals surface area contributed by atoms with Gasteiger partial charge < -0.3 is 10.2 Å². The molecule has 0 aliphatic carbocycles. The summed E-state index contributed by atoms with van der Waals surface area (Å²) < 4.78 is 0. The number of hydrogen-bond acceptors (Lipinski definition) is 2. The van der Waals surface area contributed by atoms with Crippen LogP contribution in [0.1, 0.15) is 24.4 Å². The second-order valence-corrected chi connectivity index (χ2v) is 5.42. The van der Waals surface area contributed by atoms with E-state index in [-0.39, 0.29) is 0 Å². The summed E-state index contributed by atoms with van der Waals surface area (Å²) >= 11 is 0. The van der Waals surface area contributed by atoms with Crippen LogP contribution in [0.15, 0.2) is 42.5 Å². The molecule has 1 saturated heterocycles. The summed E-state index contributed by atoms with van der Waals surface area (Å²) in [5, 5.41) is 6.21. The van der Waals surface area contributed by atoms with E-state index < -0.39 is 0 Å². The molecule has 1 atom stereocenters. The summed E-state index contributed by atoms with van der Waals surface area (Å²) in [5.74, 6) is 0. The van der Waals surface area contributed by atoms with Crippen LogP contribution in [-0.2, 0) is 0 Å². The predicted octanol–water partition coefficient (Wildman–Crippen LogP) is 3.20. The second-order valence-electron chi connectivity index (χ2n) is 5.42. The summed E-state index contributed by atoms with van der Waals surface area (Å²) in [7, 11) is 2.07. The fourth-order valence-electron chi connectivity index (χ4n) is 3.12. The Balaban J connectivity index is 1.91. The monoisotopic (exact) mass is 254 g/mol. The van der Waals surface area contributed by atoms with Crippen molar-refractivity contribution in [2.24, 2.45) is 0 Å². The van der Waals surface area contributed by atoms with Crippen LogP contribution < -0.4 is 5.32 Å². The van der Waals surface area contributed by atoms with Gasteiger partial charge in [0.1, 0.15) is 0 Å². The standard InChI is InChI=1S/C17H22N2/c1-18-17(13-19-11-4-5-12-19)16-10-6-8-14-7-2-3-9-15(14)16/h2-3,6-10,17-18H,4-5,11-13H2,1H3. The molecule has 19 heavy (non-hydrogen) atoms. The molecule has 1 heterocycles. The molecule has 1 aliphatic heterocycles. The van der Waals surface area contributed by atoms with E-state index in [1.54, 1.807) is 0 Å². The first kappa shape index (κ1) is 12.6. The van der Waals surface area contributed by atoms with Crippen LogP contribution in [0.3, 0.4) is 0 Å². The minimum atomic E-state index is 0.421. The van der Waals surface area contributed by atoms with Gasteiger partial charge in [0.05, 0.1) is 0 Å². The van der Waals surface area contributed by atoms with Crippen LogP contribution in [0.25, 0.3) is 10.8 Å². The topological polar surface area (TPSA) is 15.3 Å². The van der Waals surface area contributed by atoms with Crippen LogP contribution in [-0.4, -0.2) is 31.6 Å². The first-order chi connectivity index (χ1) is 9.38. The van der Waals surface area contributed by atoms with Gasteiger partial charge in [-0.1, -0.05) is 42.5 Å². The van der Waals surface area contributed by atoms with Gasteiger partial charge in [-0.15, -0.1) is 0 Å². The Bertz CT molecular complexity index is 538. The highest BCUT2D eigenvalue weighted by atomic mass is 15.2. The number of likely N-dealkylation sites (tertiary alicyclic amines) is 1. The Hall–Kier alpha value is -1.38. The van der Waals surface area contributed by atoms with Gasteiger partial charge in [0, 0.05) is 12.6 Å². The summed E-state index contributed by atoms with van der Waals surface area (Å²) in [6.45, 7) is 3.62. The molecule has 0 aromatic heterocycles. The lowest BCUT2D eigenvalue weighted by atomic mass is 9.98. The van der Waals surface area contributed by atoms with Gasteiger partial charge in [-0.2, -0.15) is 0 Å². The van der Waals surface area contributed by atoms with Crippen molar-refractivity contribution < 1.29 is 0 Å². The largest absolute Gasteiger partial charge is 0.312 e. The third kappa shape index (κ3) is 2.65. The molecule has 1 N–H and O–H groups in total. The van der Waals surface area contributed by atoms with Crippen molar-refractivity contribution in [1.82, 2.24) is 10.2 Å². The zero-order valence-corrected chi connectivity index (χ0v) is 11.6. The molecule has 0 saturated carbocycles. The van der Waals surface area contributed by atoms with E-state index in [9.17, 15) is 0 Å². The quantitative estimate of drug-likeness (QED) is 0.901. The third-order valence-electron chi connectivity index (χ3n) is 4.19. The van der Waals surface area contributed by atoms with Crippen LogP contribution >= 0.6 is 0 Å². The zero-order valence-electron chi connectivity index (χ0n) is 11.6. The molecule has 1 unspecified atom stereocenters. The van der Waals surface area contributed by atoms with Crippen molar-refractivity contribution in [3.05, 3.63) is 48.0 Å². The van der Waals surface area contributed by atoms with Crippen molar-refractivity contribution in [2.75, 3.05) is 26.7 Å². The molecular weight excluding hydrogens is 232 g/mol. The average molecular weight is 254 g/mol. The molecule has 2 aromatic rings. The highest BCUT2D eigenvalue weighted by Gasteiger charge is 2.18. The van der Waals surface area contributed by atoms with Gasteiger partial charge in [0.25, 0.3) is 0 Å². The van der Waals surface area contributed by atoms with Crippen molar-refractivity contribution in [2.45, 2.75) is 18.9 Å². The number of benzene rings is 2. The third-order valence-corrected chi connectivity index (χ3v) is 4.19. The average Bonchev–Trinajstić information content (AvgIpc) is 2.97. The lowest BCUT2D eigenvalue weighted by molar-refractivity contribution is 0.300. The smallest absolute Gasteiger partial charge is 0.0453 e. The van der Waals surface area contributed by atoms with Crippen molar-refractivity contribution in [3.8, 4) is 0 Å². The number of nitrogens with zero attached hydrogens (tertiary/aromatic N) is 1. The normalized spacial score (nSPS) is 17.9. The second kappa shape index (κ2) is 5.72. The van der Waals surface area contributed by atoms with E-state index >= 15 is 0 Å². The molecule has 0 amide bonds. The van der Waals surface area contributed by atoms with Crippen LogP contribution in [0.5, 0.6) is 0 Å². The number of fused-ring (bicyclic) bond motifs is 1. The molecule has 100 valence electrons. The fraction of sp³-hybridized carbons (Fsp3) is 0.412. The Labute approximate surface area is 115 Å². The summed E-state index contributed by atoms with van der Waals surface area (Å²) in [5.41, 5.74) is 1.42. The van der Waals surface area contributed by atoms with Gasteiger partial charge >= 0.3 is 0 Å². The lowest BCUT2D eigenvalue weighted by Gasteiger charge is -2.24. The number of hydrogen-bond donors (Lipinski definition) is 1. The Morgan fingerprint density at radius 2 is 1.79 bits per heavy atom. The van der Waals surface area contributed by atoms with Gasteiger partial charge in [-0.05, 0) is 49.3 Å². The Morgan fingerprint density at radius 3 is 2.58 bits per heavy atom. The summed E-state index contributed by atoms with van der Waals surface area (Å²) in [4.78, 5) is 2.57. The van der Waals surface area contributed by atoms with E-state index in [2.05, 4.69) is 59.7 Å². The van der Waals surface area contributed by atoms with Gasteiger partial charge in [-0.3, -0.25) is 0 Å². The van der Waals surface area contributed by atoms with Gasteiger partial charge in [0.15, 0.2) is 0 Å². The predicted molar refractivity (Wildman–Crippen MR) is 81.4 cm³/mol. The molecule has 2 nitrogen and oxygen atoms in total. The first-order valence-electron chi connectivity index (χ1n) is 7.26. The highest BCUT2D eigenvalue weighted by Crippen LogP contribution is 2.25. The number of nitrogens with one attached hydrogen (secondary N) is 1. The van der Waals surface area contributed by atoms with Crippen LogP contribution in [0, 0.1) is 0 Å². The molecule has 2 heteroatoms. The van der Waals surface area contributed by atoms with Crippen molar-refractivity contribution in [1.29, 1.82) is 0 Å². The lowest BCUT2D eigenvalue weighted by Crippen LogP contribution is -2.32. The van der Waals surface area contributed by atoms with Crippen LogP contribution in [0.4, 0.5) is 0 Å². The van der Waals surface area contributed by atoms with E-state index in [1.165, 1.54) is 42.3 Å². The molecule has 3 rings (SSSR count). The Morgan fingerprint density at radius 1 is 1.05 bits per heavy atom. The summed E-state index contributed by atoms with van der Waals surface area (Å²) in [6.07, 6.45) is 2.71. The minimum Gasteiger partial charge on any atom is -0.312 e. The molecule has 1 aliphatic rings. The number of likely N-dealkylation sites (N-methyl/N-ethyl adjacent to an activating group) is 1. The zero-order chi connectivity index (χ0) is 13.1. The van der Waals surface area contributed by atoms with E-state index in [1.807, 2.05) is 0 Å². The van der Waals surface area contributed by atoms with E-state index in [0.717, 1.165) is 6.54 Å². The maximum atomic E-state index is 3.50. The van der Waals surface area contributed by atoms with Crippen molar-refractivity contribution >= 4 is 10.8 Å². The summed E-state index contributed by atoms with van der Waals surface area (Å²) in [6, 6.07) is 15.7.